The first-order valence-corrected chi connectivity index (χ1v) is 8.41. The van der Waals surface area contributed by atoms with Crippen LogP contribution >= 0.6 is 11.6 Å². The lowest BCUT2D eigenvalue weighted by Gasteiger charge is -2.09. The van der Waals surface area contributed by atoms with Gasteiger partial charge in [-0.2, -0.15) is 5.10 Å². The number of carbonyl (C=O) groups is 1. The zero-order chi connectivity index (χ0) is 18.7. The number of phenols is 1. The predicted molar refractivity (Wildman–Crippen MR) is 103 cm³/mol. The molecule has 0 radical (unpaired) electrons. The lowest BCUT2D eigenvalue weighted by atomic mass is 10.2. The van der Waals surface area contributed by atoms with Crippen molar-refractivity contribution in [2.24, 2.45) is 5.10 Å². The molecule has 1 amide bonds. The van der Waals surface area contributed by atoms with Gasteiger partial charge in [0.25, 0.3) is 5.91 Å². The highest BCUT2D eigenvalue weighted by Gasteiger charge is 2.10. The number of benzene rings is 2. The number of hydrogen-bond donors (Lipinski definition) is 2. The molecule has 0 saturated carbocycles. The Hall–Kier alpha value is -3.05. The number of aromatic hydroxyl groups is 1. The molecular formula is C20H18ClN3O2. The van der Waals surface area contributed by atoms with E-state index in [-0.39, 0.29) is 11.7 Å². The van der Waals surface area contributed by atoms with Crippen molar-refractivity contribution in [3.05, 3.63) is 82.1 Å². The van der Waals surface area contributed by atoms with Crippen LogP contribution in [0.4, 0.5) is 0 Å². The molecule has 6 heteroatoms. The summed E-state index contributed by atoms with van der Waals surface area (Å²) >= 11 is 5.96. The van der Waals surface area contributed by atoms with E-state index in [2.05, 4.69) is 15.1 Å². The molecule has 1 aromatic heterocycles. The van der Waals surface area contributed by atoms with Crippen LogP contribution in [0.15, 0.2) is 59.7 Å². The van der Waals surface area contributed by atoms with Crippen molar-refractivity contribution in [2.75, 3.05) is 0 Å². The zero-order valence-electron chi connectivity index (χ0n) is 14.4. The minimum Gasteiger partial charge on any atom is -0.508 e. The van der Waals surface area contributed by atoms with E-state index in [4.69, 9.17) is 11.6 Å². The van der Waals surface area contributed by atoms with Gasteiger partial charge in [0.2, 0.25) is 0 Å². The minimum atomic E-state index is -0.340. The summed E-state index contributed by atoms with van der Waals surface area (Å²) in [5.74, 6) is -0.229. The molecule has 1 heterocycles. The zero-order valence-corrected chi connectivity index (χ0v) is 15.2. The van der Waals surface area contributed by atoms with Crippen LogP contribution in [0.25, 0.3) is 5.69 Å². The van der Waals surface area contributed by atoms with Crippen LogP contribution in [0.1, 0.15) is 27.3 Å². The number of aryl methyl sites for hydroxylation is 1. The smallest absolute Gasteiger partial charge is 0.271 e. The summed E-state index contributed by atoms with van der Waals surface area (Å²) in [6, 6.07) is 15.6. The number of amides is 1. The van der Waals surface area contributed by atoms with Crippen LogP contribution in [-0.2, 0) is 0 Å². The summed E-state index contributed by atoms with van der Waals surface area (Å²) in [4.78, 5) is 12.0. The number of halogens is 1. The van der Waals surface area contributed by atoms with E-state index < -0.39 is 0 Å². The van der Waals surface area contributed by atoms with Gasteiger partial charge in [-0.3, -0.25) is 4.79 Å². The number of aromatic nitrogens is 1. The third-order valence-corrected chi connectivity index (χ3v) is 4.31. The third kappa shape index (κ3) is 3.78. The first-order valence-electron chi connectivity index (χ1n) is 8.03. The summed E-state index contributed by atoms with van der Waals surface area (Å²) < 4.78 is 2.10. The van der Waals surface area contributed by atoms with E-state index in [1.807, 2.05) is 44.2 Å². The monoisotopic (exact) mass is 367 g/mol. The van der Waals surface area contributed by atoms with E-state index in [1.165, 1.54) is 24.3 Å². The highest BCUT2D eigenvalue weighted by molar-refractivity contribution is 6.30. The second-order valence-electron chi connectivity index (χ2n) is 5.88. The maximum absolute atomic E-state index is 12.0. The van der Waals surface area contributed by atoms with Gasteiger partial charge in [0.15, 0.2) is 0 Å². The molecule has 0 unspecified atom stereocenters. The van der Waals surface area contributed by atoms with Gasteiger partial charge in [-0.05, 0) is 68.4 Å². The Bertz CT molecular complexity index is 958. The fourth-order valence-electron chi connectivity index (χ4n) is 2.74. The topological polar surface area (TPSA) is 66.6 Å². The van der Waals surface area contributed by atoms with Gasteiger partial charge in [-0.1, -0.05) is 11.6 Å². The van der Waals surface area contributed by atoms with E-state index >= 15 is 0 Å². The summed E-state index contributed by atoms with van der Waals surface area (Å²) in [6.45, 7) is 4.00. The third-order valence-electron chi connectivity index (χ3n) is 4.05. The number of carbonyl (C=O) groups excluding carboxylic acids is 1. The standard InChI is InChI=1S/C20H18ClN3O2/c1-13-11-16(14(2)24(13)18-7-5-17(21)6-8-18)12-22-23-20(26)15-3-9-19(25)10-4-15/h3-12,25H,1-2H3,(H,23,26)/b22-12-. The van der Waals surface area contributed by atoms with Crippen molar-refractivity contribution in [1.29, 1.82) is 0 Å². The highest BCUT2D eigenvalue weighted by atomic mass is 35.5. The number of nitrogens with zero attached hydrogens (tertiary/aromatic N) is 2. The van der Waals surface area contributed by atoms with Crippen molar-refractivity contribution in [3.63, 3.8) is 0 Å². The molecule has 0 aliphatic carbocycles. The molecule has 0 saturated heterocycles. The van der Waals surface area contributed by atoms with Crippen molar-refractivity contribution in [1.82, 2.24) is 9.99 Å². The quantitative estimate of drug-likeness (QED) is 0.535. The number of nitrogens with one attached hydrogen (secondary N) is 1. The van der Waals surface area contributed by atoms with Crippen LogP contribution in [-0.4, -0.2) is 21.8 Å². The molecule has 0 bridgehead atoms. The maximum atomic E-state index is 12.0. The van der Waals surface area contributed by atoms with E-state index in [9.17, 15) is 9.90 Å². The van der Waals surface area contributed by atoms with Crippen molar-refractivity contribution in [2.45, 2.75) is 13.8 Å². The fraction of sp³-hybridized carbons (Fsp3) is 0.100. The van der Waals surface area contributed by atoms with E-state index in [0.717, 1.165) is 22.6 Å². The van der Waals surface area contributed by atoms with Gasteiger partial charge in [-0.15, -0.1) is 0 Å². The minimum absolute atomic E-state index is 0.111. The van der Waals surface area contributed by atoms with Gasteiger partial charge in [0, 0.05) is 33.2 Å². The second-order valence-corrected chi connectivity index (χ2v) is 6.32. The average molecular weight is 368 g/mol. The summed E-state index contributed by atoms with van der Waals surface area (Å²) in [5.41, 5.74) is 6.89. The first kappa shape index (κ1) is 17.8. The Labute approximate surface area is 156 Å². The van der Waals surface area contributed by atoms with Gasteiger partial charge < -0.3 is 9.67 Å². The van der Waals surface area contributed by atoms with Gasteiger partial charge in [0.1, 0.15) is 5.75 Å². The Balaban J connectivity index is 1.77. The van der Waals surface area contributed by atoms with Gasteiger partial charge in [0.05, 0.1) is 6.21 Å². The predicted octanol–water partition coefficient (Wildman–Crippen LogP) is 4.22. The molecule has 132 valence electrons. The molecule has 2 aromatic carbocycles. The second kappa shape index (κ2) is 7.45. The van der Waals surface area contributed by atoms with Gasteiger partial charge >= 0.3 is 0 Å². The Morgan fingerprint density at radius 2 is 1.77 bits per heavy atom. The number of rotatable bonds is 4. The lowest BCUT2D eigenvalue weighted by Crippen LogP contribution is -2.17. The maximum Gasteiger partial charge on any atom is 0.271 e. The van der Waals surface area contributed by atoms with Crippen LogP contribution in [0, 0.1) is 13.8 Å². The van der Waals surface area contributed by atoms with Crippen LogP contribution in [0.3, 0.4) is 0 Å². The number of phenolic OH excluding ortho intramolecular Hbond substituents is 1. The molecule has 26 heavy (non-hydrogen) atoms. The van der Waals surface area contributed by atoms with Gasteiger partial charge in [-0.25, -0.2) is 5.43 Å². The SMILES string of the molecule is Cc1cc(/C=N\NC(=O)c2ccc(O)cc2)c(C)n1-c1ccc(Cl)cc1. The first-order chi connectivity index (χ1) is 12.5. The van der Waals surface area contributed by atoms with Crippen molar-refractivity contribution < 1.29 is 9.90 Å². The largest absolute Gasteiger partial charge is 0.508 e. The normalized spacial score (nSPS) is 11.0. The van der Waals surface area contributed by atoms with Crippen molar-refractivity contribution >= 4 is 23.7 Å². The molecular weight excluding hydrogens is 350 g/mol. The molecule has 0 spiro atoms. The molecule has 0 fully saturated rings. The fourth-order valence-corrected chi connectivity index (χ4v) is 2.87. The number of hydrogen-bond acceptors (Lipinski definition) is 3. The number of hydrazone groups is 1. The lowest BCUT2D eigenvalue weighted by molar-refractivity contribution is 0.0955. The molecule has 3 rings (SSSR count). The summed E-state index contributed by atoms with van der Waals surface area (Å²) in [5, 5.41) is 14.0. The average Bonchev–Trinajstić information content (AvgIpc) is 2.90. The Morgan fingerprint density at radius 1 is 1.12 bits per heavy atom. The molecule has 5 nitrogen and oxygen atoms in total. The van der Waals surface area contributed by atoms with Crippen molar-refractivity contribution in [3.8, 4) is 11.4 Å². The molecule has 3 aromatic rings. The summed E-state index contributed by atoms with van der Waals surface area (Å²) in [7, 11) is 0. The molecule has 0 aliphatic heterocycles. The molecule has 0 aliphatic rings. The van der Waals surface area contributed by atoms with Crippen LogP contribution in [0.5, 0.6) is 5.75 Å². The highest BCUT2D eigenvalue weighted by Crippen LogP contribution is 2.21. The van der Waals surface area contributed by atoms with Crippen LogP contribution < -0.4 is 5.43 Å². The molecule has 2 N–H and O–H groups in total. The molecule has 0 atom stereocenters. The van der Waals surface area contributed by atoms with E-state index in [0.29, 0.717) is 10.6 Å². The summed E-state index contributed by atoms with van der Waals surface area (Å²) in [6.07, 6.45) is 1.62. The Kier molecular flexibility index (Phi) is 5.09. The Morgan fingerprint density at radius 3 is 2.42 bits per heavy atom. The van der Waals surface area contributed by atoms with Crippen LogP contribution in [0.2, 0.25) is 5.02 Å². The van der Waals surface area contributed by atoms with E-state index in [1.54, 1.807) is 6.21 Å².